The van der Waals surface area contributed by atoms with Crippen LogP contribution in [0.25, 0.3) is 0 Å². The van der Waals surface area contributed by atoms with Crippen LogP contribution in [0.4, 0.5) is 10.5 Å². The number of hydrogen-bond acceptors (Lipinski definition) is 2. The summed E-state index contributed by atoms with van der Waals surface area (Å²) in [7, 11) is 0. The number of carbonyl (C=O) groups excluding carboxylic acids is 2. The Morgan fingerprint density at radius 3 is 2.59 bits per heavy atom. The van der Waals surface area contributed by atoms with Crippen LogP contribution in [0.15, 0.2) is 43.0 Å². The van der Waals surface area contributed by atoms with Gasteiger partial charge in [-0.1, -0.05) is 24.3 Å². The number of amides is 3. The van der Waals surface area contributed by atoms with Crippen LogP contribution in [0.1, 0.15) is 6.42 Å². The molecule has 1 aliphatic heterocycles. The molecule has 0 unspecified atom stereocenters. The molecule has 0 atom stereocenters. The summed E-state index contributed by atoms with van der Waals surface area (Å²) < 4.78 is 0. The molecular weight excluding hydrogens is 216 g/mol. The Bertz CT molecular complexity index is 442. The molecule has 1 fully saturated rings. The molecular formula is C13H14N2O2. The summed E-state index contributed by atoms with van der Waals surface area (Å²) in [5.41, 5.74) is 0.622. The molecule has 1 aliphatic rings. The van der Waals surface area contributed by atoms with Gasteiger partial charge in [0, 0.05) is 19.5 Å². The van der Waals surface area contributed by atoms with Crippen LogP contribution >= 0.6 is 0 Å². The molecule has 4 nitrogen and oxygen atoms in total. The van der Waals surface area contributed by atoms with E-state index >= 15 is 0 Å². The standard InChI is InChI=1S/C13H14N2O2/c1-2-9-14-10-8-12(16)15(13(14)17)11-6-4-3-5-7-11/h2-7H,1,8-10H2. The summed E-state index contributed by atoms with van der Waals surface area (Å²) in [6, 6.07) is 8.71. The van der Waals surface area contributed by atoms with Crippen molar-refractivity contribution in [3.8, 4) is 0 Å². The predicted octanol–water partition coefficient (Wildman–Crippen LogP) is 2.03. The molecule has 0 aliphatic carbocycles. The van der Waals surface area contributed by atoms with Crippen molar-refractivity contribution < 1.29 is 9.59 Å². The van der Waals surface area contributed by atoms with Crippen molar-refractivity contribution in [3.05, 3.63) is 43.0 Å². The first-order valence-corrected chi connectivity index (χ1v) is 5.52. The summed E-state index contributed by atoms with van der Waals surface area (Å²) >= 11 is 0. The Morgan fingerprint density at radius 1 is 1.24 bits per heavy atom. The van der Waals surface area contributed by atoms with E-state index in [1.165, 1.54) is 4.90 Å². The van der Waals surface area contributed by atoms with E-state index in [1.807, 2.05) is 18.2 Å². The van der Waals surface area contributed by atoms with Crippen LogP contribution in [0.5, 0.6) is 0 Å². The third-order valence-corrected chi connectivity index (χ3v) is 2.67. The number of hydrogen-bond donors (Lipinski definition) is 0. The van der Waals surface area contributed by atoms with Crippen molar-refractivity contribution in [2.75, 3.05) is 18.0 Å². The molecule has 0 bridgehead atoms. The van der Waals surface area contributed by atoms with Gasteiger partial charge < -0.3 is 4.90 Å². The van der Waals surface area contributed by atoms with E-state index in [2.05, 4.69) is 6.58 Å². The molecule has 0 aromatic heterocycles. The number of para-hydroxylation sites is 1. The lowest BCUT2D eigenvalue weighted by Crippen LogP contribution is -2.52. The lowest BCUT2D eigenvalue weighted by atomic mass is 10.2. The van der Waals surface area contributed by atoms with Gasteiger partial charge in [0.1, 0.15) is 0 Å². The molecule has 1 aromatic carbocycles. The van der Waals surface area contributed by atoms with Crippen molar-refractivity contribution in [1.82, 2.24) is 4.90 Å². The highest BCUT2D eigenvalue weighted by atomic mass is 16.2. The van der Waals surface area contributed by atoms with Crippen LogP contribution < -0.4 is 4.90 Å². The van der Waals surface area contributed by atoms with Crippen molar-refractivity contribution in [2.45, 2.75) is 6.42 Å². The number of benzene rings is 1. The highest BCUT2D eigenvalue weighted by molar-refractivity contribution is 6.15. The summed E-state index contributed by atoms with van der Waals surface area (Å²) in [4.78, 5) is 26.8. The Balaban J connectivity index is 2.27. The maximum Gasteiger partial charge on any atom is 0.331 e. The third kappa shape index (κ3) is 2.20. The minimum absolute atomic E-state index is 0.151. The Hall–Kier alpha value is -2.10. The third-order valence-electron chi connectivity index (χ3n) is 2.67. The average molecular weight is 230 g/mol. The van der Waals surface area contributed by atoms with Crippen molar-refractivity contribution >= 4 is 17.6 Å². The van der Waals surface area contributed by atoms with Gasteiger partial charge in [0.15, 0.2) is 0 Å². The van der Waals surface area contributed by atoms with Gasteiger partial charge in [-0.3, -0.25) is 4.79 Å². The SMILES string of the molecule is C=CCN1CCC(=O)N(c2ccccc2)C1=O. The van der Waals surface area contributed by atoms with Crippen LogP contribution in [0.2, 0.25) is 0 Å². The maximum absolute atomic E-state index is 12.1. The van der Waals surface area contributed by atoms with Crippen LogP contribution in [0.3, 0.4) is 0 Å². The lowest BCUT2D eigenvalue weighted by Gasteiger charge is -2.33. The van der Waals surface area contributed by atoms with E-state index in [1.54, 1.807) is 23.1 Å². The van der Waals surface area contributed by atoms with Gasteiger partial charge in [0.25, 0.3) is 0 Å². The van der Waals surface area contributed by atoms with Gasteiger partial charge in [-0.2, -0.15) is 0 Å². The van der Waals surface area contributed by atoms with E-state index in [9.17, 15) is 9.59 Å². The zero-order valence-corrected chi connectivity index (χ0v) is 9.50. The lowest BCUT2D eigenvalue weighted by molar-refractivity contribution is -0.119. The first-order valence-electron chi connectivity index (χ1n) is 5.52. The summed E-state index contributed by atoms with van der Waals surface area (Å²) in [5, 5.41) is 0. The van der Waals surface area contributed by atoms with E-state index in [4.69, 9.17) is 0 Å². The molecule has 1 aromatic rings. The highest BCUT2D eigenvalue weighted by Gasteiger charge is 2.32. The minimum Gasteiger partial charge on any atom is -0.320 e. The average Bonchev–Trinajstić information content (AvgIpc) is 2.35. The minimum atomic E-state index is -0.271. The van der Waals surface area contributed by atoms with Crippen molar-refractivity contribution in [3.63, 3.8) is 0 Å². The second kappa shape index (κ2) is 4.82. The highest BCUT2D eigenvalue weighted by Crippen LogP contribution is 2.20. The van der Waals surface area contributed by atoms with Crippen molar-refractivity contribution in [1.29, 1.82) is 0 Å². The van der Waals surface area contributed by atoms with Gasteiger partial charge in [-0.05, 0) is 12.1 Å². The molecule has 0 radical (unpaired) electrons. The fourth-order valence-corrected chi connectivity index (χ4v) is 1.84. The zero-order chi connectivity index (χ0) is 12.3. The fraction of sp³-hybridized carbons (Fsp3) is 0.231. The zero-order valence-electron chi connectivity index (χ0n) is 9.50. The van der Waals surface area contributed by atoms with E-state index in [0.29, 0.717) is 25.2 Å². The van der Waals surface area contributed by atoms with E-state index in [0.717, 1.165) is 0 Å². The molecule has 4 heteroatoms. The topological polar surface area (TPSA) is 40.6 Å². The van der Waals surface area contributed by atoms with Gasteiger partial charge in [-0.25, -0.2) is 9.69 Å². The number of rotatable bonds is 3. The monoisotopic (exact) mass is 230 g/mol. The second-order valence-electron chi connectivity index (χ2n) is 3.83. The first kappa shape index (κ1) is 11.4. The van der Waals surface area contributed by atoms with Gasteiger partial charge >= 0.3 is 6.03 Å². The van der Waals surface area contributed by atoms with Gasteiger partial charge in [-0.15, -0.1) is 6.58 Å². The fourth-order valence-electron chi connectivity index (χ4n) is 1.84. The Kier molecular flexibility index (Phi) is 3.23. The molecule has 2 rings (SSSR count). The molecule has 0 saturated carbocycles. The Labute approximate surface area is 100 Å². The maximum atomic E-state index is 12.1. The summed E-state index contributed by atoms with van der Waals surface area (Å²) in [6.07, 6.45) is 2.02. The van der Waals surface area contributed by atoms with Gasteiger partial charge in [0.05, 0.1) is 5.69 Å². The molecule has 0 N–H and O–H groups in total. The van der Waals surface area contributed by atoms with Crippen LogP contribution in [0, 0.1) is 0 Å². The molecule has 0 spiro atoms. The number of anilines is 1. The number of urea groups is 1. The number of nitrogens with zero attached hydrogens (tertiary/aromatic N) is 2. The summed E-state index contributed by atoms with van der Waals surface area (Å²) in [5.74, 6) is -0.151. The molecule has 3 amide bonds. The molecule has 1 saturated heterocycles. The quantitative estimate of drug-likeness (QED) is 0.745. The largest absolute Gasteiger partial charge is 0.331 e. The van der Waals surface area contributed by atoms with E-state index < -0.39 is 0 Å². The van der Waals surface area contributed by atoms with Gasteiger partial charge in [0.2, 0.25) is 5.91 Å². The Morgan fingerprint density at radius 2 is 1.94 bits per heavy atom. The first-order chi connectivity index (χ1) is 8.24. The number of imide groups is 1. The summed E-state index contributed by atoms with van der Waals surface area (Å²) in [6.45, 7) is 4.54. The van der Waals surface area contributed by atoms with Crippen LogP contribution in [-0.4, -0.2) is 29.9 Å². The number of carbonyl (C=O) groups is 2. The normalized spacial score (nSPS) is 16.2. The van der Waals surface area contributed by atoms with Crippen LogP contribution in [-0.2, 0) is 4.79 Å². The smallest absolute Gasteiger partial charge is 0.320 e. The predicted molar refractivity (Wildman–Crippen MR) is 65.7 cm³/mol. The molecule has 88 valence electrons. The van der Waals surface area contributed by atoms with Crippen molar-refractivity contribution in [2.24, 2.45) is 0 Å². The van der Waals surface area contributed by atoms with E-state index in [-0.39, 0.29) is 11.9 Å². The molecule has 17 heavy (non-hydrogen) atoms. The molecule has 1 heterocycles. The second-order valence-corrected chi connectivity index (χ2v) is 3.83.